The van der Waals surface area contributed by atoms with Crippen LogP contribution in [0.5, 0.6) is 0 Å². The Labute approximate surface area is 187 Å². The van der Waals surface area contributed by atoms with E-state index in [1.54, 1.807) is 30.0 Å². The van der Waals surface area contributed by atoms with E-state index in [0.29, 0.717) is 23.7 Å². The van der Waals surface area contributed by atoms with E-state index < -0.39 is 14.9 Å². The van der Waals surface area contributed by atoms with Crippen LogP contribution in [0.15, 0.2) is 41.3 Å². The van der Waals surface area contributed by atoms with Gasteiger partial charge in [-0.05, 0) is 55.0 Å². The van der Waals surface area contributed by atoms with Crippen molar-refractivity contribution in [2.75, 3.05) is 38.0 Å². The van der Waals surface area contributed by atoms with E-state index in [9.17, 15) is 23.3 Å². The Kier molecular flexibility index (Phi) is 6.16. The predicted molar refractivity (Wildman–Crippen MR) is 120 cm³/mol. The third-order valence-corrected chi connectivity index (χ3v) is 8.06. The first-order valence-corrected chi connectivity index (χ1v) is 12.1. The molecule has 0 radical (unpaired) electrons. The van der Waals surface area contributed by atoms with Crippen LogP contribution in [0.1, 0.15) is 23.1 Å². The lowest BCUT2D eigenvalue weighted by molar-refractivity contribution is -0.384. The molecule has 9 nitrogen and oxygen atoms in total. The van der Waals surface area contributed by atoms with E-state index in [0.717, 1.165) is 30.4 Å². The number of piperazine rings is 1. The van der Waals surface area contributed by atoms with Gasteiger partial charge < -0.3 is 10.2 Å². The Balaban J connectivity index is 1.35. The van der Waals surface area contributed by atoms with Crippen LogP contribution in [0.25, 0.3) is 0 Å². The van der Waals surface area contributed by atoms with E-state index in [1.165, 1.54) is 22.0 Å². The number of rotatable bonds is 6. The van der Waals surface area contributed by atoms with Crippen LogP contribution in [0.2, 0.25) is 0 Å². The zero-order valence-corrected chi connectivity index (χ0v) is 18.7. The number of hydrogen-bond donors (Lipinski definition) is 1. The molecule has 1 amide bonds. The molecule has 1 aliphatic carbocycles. The van der Waals surface area contributed by atoms with Crippen LogP contribution in [0.3, 0.4) is 0 Å². The maximum Gasteiger partial charge on any atom is 0.271 e. The highest BCUT2D eigenvalue weighted by molar-refractivity contribution is 7.89. The van der Waals surface area contributed by atoms with Crippen molar-refractivity contribution >= 4 is 27.3 Å². The first-order chi connectivity index (χ1) is 15.3. The summed E-state index contributed by atoms with van der Waals surface area (Å²) >= 11 is 0. The molecule has 2 aliphatic rings. The number of amides is 1. The first kappa shape index (κ1) is 22.2. The summed E-state index contributed by atoms with van der Waals surface area (Å²) in [7, 11) is -3.59. The van der Waals surface area contributed by atoms with E-state index in [4.69, 9.17) is 0 Å². The summed E-state index contributed by atoms with van der Waals surface area (Å²) in [6, 6.07) is 9.85. The number of carbonyl (C=O) groups is 1. The molecule has 1 heterocycles. The SMILES string of the molecule is Cc1ccc([N+](=O)[O-])cc1NCC(=O)N1CCN(S(=O)(=O)c2ccc3c(c2)CCC3)CC1. The Bertz CT molecular complexity index is 1160. The van der Waals surface area contributed by atoms with E-state index in [-0.39, 0.29) is 31.2 Å². The van der Waals surface area contributed by atoms with Gasteiger partial charge in [0.1, 0.15) is 0 Å². The second-order valence-electron chi connectivity index (χ2n) is 8.18. The average Bonchev–Trinajstić information content (AvgIpc) is 3.26. The van der Waals surface area contributed by atoms with E-state index >= 15 is 0 Å². The Hall–Kier alpha value is -2.98. The van der Waals surface area contributed by atoms with Crippen molar-refractivity contribution in [1.82, 2.24) is 9.21 Å². The number of non-ortho nitro benzene ring substituents is 1. The number of nitrogens with zero attached hydrogens (tertiary/aromatic N) is 3. The highest BCUT2D eigenvalue weighted by Gasteiger charge is 2.30. The number of benzene rings is 2. The van der Waals surface area contributed by atoms with Crippen molar-refractivity contribution in [3.8, 4) is 0 Å². The highest BCUT2D eigenvalue weighted by Crippen LogP contribution is 2.27. The summed E-state index contributed by atoms with van der Waals surface area (Å²) in [5, 5.41) is 13.9. The molecule has 0 bridgehead atoms. The summed E-state index contributed by atoms with van der Waals surface area (Å²) < 4.78 is 27.5. The van der Waals surface area contributed by atoms with Crippen LogP contribution in [0, 0.1) is 17.0 Å². The van der Waals surface area contributed by atoms with Gasteiger partial charge in [0.2, 0.25) is 15.9 Å². The number of sulfonamides is 1. The molecule has 1 aliphatic heterocycles. The fourth-order valence-corrected chi connectivity index (χ4v) is 5.71. The highest BCUT2D eigenvalue weighted by atomic mass is 32.2. The lowest BCUT2D eigenvalue weighted by Crippen LogP contribution is -2.51. The van der Waals surface area contributed by atoms with Crippen molar-refractivity contribution in [1.29, 1.82) is 0 Å². The minimum absolute atomic E-state index is 0.0143. The first-order valence-electron chi connectivity index (χ1n) is 10.6. The van der Waals surface area contributed by atoms with Crippen LogP contribution < -0.4 is 5.32 Å². The number of nitro groups is 1. The third-order valence-electron chi connectivity index (χ3n) is 6.16. The molecular weight excluding hydrogens is 432 g/mol. The summed E-state index contributed by atoms with van der Waals surface area (Å²) in [6.45, 7) is 2.87. The maximum atomic E-state index is 13.1. The molecule has 0 saturated carbocycles. The molecule has 2 aromatic rings. The van der Waals surface area contributed by atoms with Crippen LogP contribution in [-0.4, -0.2) is 61.2 Å². The number of fused-ring (bicyclic) bond motifs is 1. The van der Waals surface area contributed by atoms with Crippen LogP contribution >= 0.6 is 0 Å². The molecule has 1 saturated heterocycles. The quantitative estimate of drug-likeness (QED) is 0.525. The monoisotopic (exact) mass is 458 g/mol. The molecule has 4 rings (SSSR count). The number of nitrogens with one attached hydrogen (secondary N) is 1. The van der Waals surface area contributed by atoms with Gasteiger partial charge in [0.05, 0.1) is 16.4 Å². The minimum atomic E-state index is -3.59. The van der Waals surface area contributed by atoms with Gasteiger partial charge in [0.15, 0.2) is 0 Å². The predicted octanol–water partition coefficient (Wildman–Crippen LogP) is 2.34. The van der Waals surface area contributed by atoms with Gasteiger partial charge in [0.25, 0.3) is 5.69 Å². The van der Waals surface area contributed by atoms with Gasteiger partial charge in [-0.1, -0.05) is 12.1 Å². The third kappa shape index (κ3) is 4.46. The summed E-state index contributed by atoms with van der Waals surface area (Å²) in [6.07, 6.45) is 2.97. The van der Waals surface area contributed by atoms with Crippen LogP contribution in [-0.2, 0) is 27.7 Å². The molecule has 170 valence electrons. The smallest absolute Gasteiger partial charge is 0.271 e. The van der Waals surface area contributed by atoms with Crippen molar-refractivity contribution in [3.63, 3.8) is 0 Å². The molecule has 1 fully saturated rings. The second-order valence-corrected chi connectivity index (χ2v) is 10.1. The molecular formula is C22H26N4O5S. The molecule has 0 unspecified atom stereocenters. The molecule has 10 heteroatoms. The topological polar surface area (TPSA) is 113 Å². The molecule has 0 aromatic heterocycles. The molecule has 0 spiro atoms. The van der Waals surface area contributed by atoms with Gasteiger partial charge >= 0.3 is 0 Å². The van der Waals surface area contributed by atoms with Crippen LogP contribution in [0.4, 0.5) is 11.4 Å². The number of aryl methyl sites for hydroxylation is 3. The number of carbonyl (C=O) groups excluding carboxylic acids is 1. The van der Waals surface area contributed by atoms with Gasteiger partial charge in [0, 0.05) is 44.0 Å². The molecule has 1 N–H and O–H groups in total. The van der Waals surface area contributed by atoms with Gasteiger partial charge in [-0.25, -0.2) is 8.42 Å². The Morgan fingerprint density at radius 1 is 1.06 bits per heavy atom. The van der Waals surface area contributed by atoms with Crippen molar-refractivity contribution in [2.45, 2.75) is 31.1 Å². The lowest BCUT2D eigenvalue weighted by atomic mass is 10.1. The van der Waals surface area contributed by atoms with Crippen molar-refractivity contribution in [2.24, 2.45) is 0 Å². The standard InChI is InChI=1S/C22H26N4O5S/c1-16-5-7-19(26(28)29)14-21(16)23-15-22(27)24-9-11-25(12-10-24)32(30,31)20-8-6-17-3-2-4-18(17)13-20/h5-8,13-14,23H,2-4,9-12,15H2,1H3. The van der Waals surface area contributed by atoms with Crippen molar-refractivity contribution < 1.29 is 18.1 Å². The number of anilines is 1. The van der Waals surface area contributed by atoms with Crippen molar-refractivity contribution in [3.05, 3.63) is 63.2 Å². The molecule has 0 atom stereocenters. The van der Waals surface area contributed by atoms with Gasteiger partial charge in [-0.3, -0.25) is 14.9 Å². The minimum Gasteiger partial charge on any atom is -0.376 e. The molecule has 2 aromatic carbocycles. The number of nitro benzene ring substituents is 1. The fourth-order valence-electron chi connectivity index (χ4n) is 4.23. The normalized spacial score (nSPS) is 16.6. The van der Waals surface area contributed by atoms with Gasteiger partial charge in [-0.15, -0.1) is 0 Å². The zero-order valence-electron chi connectivity index (χ0n) is 17.9. The summed E-state index contributed by atoms with van der Waals surface area (Å²) in [5.74, 6) is -0.175. The lowest BCUT2D eigenvalue weighted by Gasteiger charge is -2.34. The summed E-state index contributed by atoms with van der Waals surface area (Å²) in [4.78, 5) is 25.0. The Morgan fingerprint density at radius 2 is 1.78 bits per heavy atom. The number of hydrogen-bond acceptors (Lipinski definition) is 6. The summed E-state index contributed by atoms with van der Waals surface area (Å²) in [5.41, 5.74) is 3.63. The maximum absolute atomic E-state index is 13.1. The largest absolute Gasteiger partial charge is 0.376 e. The molecule has 32 heavy (non-hydrogen) atoms. The average molecular weight is 459 g/mol. The van der Waals surface area contributed by atoms with Gasteiger partial charge in [-0.2, -0.15) is 4.31 Å². The second kappa shape index (κ2) is 8.87. The Morgan fingerprint density at radius 3 is 2.50 bits per heavy atom. The zero-order chi connectivity index (χ0) is 22.9. The van der Waals surface area contributed by atoms with E-state index in [2.05, 4.69) is 5.32 Å². The fraction of sp³-hybridized carbons (Fsp3) is 0.409. The van der Waals surface area contributed by atoms with E-state index in [1.807, 2.05) is 6.07 Å².